The number of carbonyl (C=O) groups is 1. The molecule has 0 bridgehead atoms. The van der Waals surface area contributed by atoms with E-state index in [0.29, 0.717) is 31.5 Å². The van der Waals surface area contributed by atoms with Crippen molar-refractivity contribution in [2.45, 2.75) is 55.7 Å². The highest BCUT2D eigenvalue weighted by molar-refractivity contribution is 7.93. The Bertz CT molecular complexity index is 1180. The average Bonchev–Trinajstić information content (AvgIpc) is 3.47. The molecule has 0 saturated heterocycles. The summed E-state index contributed by atoms with van der Waals surface area (Å²) in [6.45, 7) is 4.02. The van der Waals surface area contributed by atoms with Crippen LogP contribution in [0.4, 0.5) is 0 Å². The van der Waals surface area contributed by atoms with Crippen LogP contribution < -0.4 is 5.32 Å². The predicted octanol–water partition coefficient (Wildman–Crippen LogP) is 2.68. The second-order valence-electron chi connectivity index (χ2n) is 8.00. The van der Waals surface area contributed by atoms with Crippen LogP contribution in [0.2, 0.25) is 0 Å². The van der Waals surface area contributed by atoms with E-state index in [0.717, 1.165) is 16.7 Å². The van der Waals surface area contributed by atoms with Gasteiger partial charge in [-0.1, -0.05) is 25.0 Å². The van der Waals surface area contributed by atoms with Crippen LogP contribution >= 0.6 is 0 Å². The minimum absolute atomic E-state index is 0.202. The third-order valence-electron chi connectivity index (χ3n) is 6.04. The van der Waals surface area contributed by atoms with Gasteiger partial charge in [0.1, 0.15) is 12.7 Å². The molecule has 2 aromatic heterocycles. The molecule has 1 aliphatic rings. The van der Waals surface area contributed by atoms with Crippen molar-refractivity contribution in [3.05, 3.63) is 65.9 Å². The largest absolute Gasteiger partial charge is 0.351 e. The van der Waals surface area contributed by atoms with Gasteiger partial charge in [0.15, 0.2) is 20.4 Å². The third-order valence-corrected chi connectivity index (χ3v) is 8.54. The fraction of sp³-hybridized carbons (Fsp3) is 0.364. The van der Waals surface area contributed by atoms with E-state index in [4.69, 9.17) is 0 Å². The van der Waals surface area contributed by atoms with Crippen molar-refractivity contribution in [3.8, 4) is 5.82 Å². The molecule has 1 aliphatic carbocycles. The van der Waals surface area contributed by atoms with Gasteiger partial charge in [0.25, 0.3) is 0 Å². The number of nitrogens with zero attached hydrogens (tertiary/aromatic N) is 4. The minimum Gasteiger partial charge on any atom is -0.351 e. The molecule has 4 rings (SSSR count). The Morgan fingerprint density at radius 1 is 1.13 bits per heavy atom. The molecule has 2 heterocycles. The average molecular weight is 440 g/mol. The SMILES string of the molecule is Cc1ccc(S(=O)(=O)C2(C(=O)NCc3ccc(-n4cncn4)nc3)CCCC2)cc1C. The Labute approximate surface area is 181 Å². The number of pyridine rings is 1. The lowest BCUT2D eigenvalue weighted by atomic mass is 10.1. The molecular weight excluding hydrogens is 414 g/mol. The van der Waals surface area contributed by atoms with Gasteiger partial charge in [-0.25, -0.2) is 23.1 Å². The van der Waals surface area contributed by atoms with Crippen LogP contribution in [0.5, 0.6) is 0 Å². The Hall–Kier alpha value is -3.07. The molecule has 9 heteroatoms. The summed E-state index contributed by atoms with van der Waals surface area (Å²) in [5.41, 5.74) is 2.69. The highest BCUT2D eigenvalue weighted by Crippen LogP contribution is 2.41. The van der Waals surface area contributed by atoms with Gasteiger partial charge in [-0.15, -0.1) is 0 Å². The van der Waals surface area contributed by atoms with Gasteiger partial charge in [-0.05, 0) is 61.6 Å². The quantitative estimate of drug-likeness (QED) is 0.633. The number of rotatable bonds is 6. The summed E-state index contributed by atoms with van der Waals surface area (Å²) in [4.78, 5) is 21.7. The molecule has 0 aliphatic heterocycles. The Morgan fingerprint density at radius 2 is 1.90 bits per heavy atom. The normalized spacial score (nSPS) is 15.7. The minimum atomic E-state index is -3.83. The number of hydrogen-bond acceptors (Lipinski definition) is 6. The van der Waals surface area contributed by atoms with Crippen LogP contribution in [-0.2, 0) is 21.2 Å². The van der Waals surface area contributed by atoms with Gasteiger partial charge in [0, 0.05) is 12.7 Å². The first-order chi connectivity index (χ1) is 14.8. The van der Waals surface area contributed by atoms with E-state index in [9.17, 15) is 13.2 Å². The maximum Gasteiger partial charge on any atom is 0.242 e. The van der Waals surface area contributed by atoms with E-state index < -0.39 is 20.5 Å². The molecule has 0 spiro atoms. The molecule has 1 saturated carbocycles. The predicted molar refractivity (Wildman–Crippen MR) is 115 cm³/mol. The highest BCUT2D eigenvalue weighted by Gasteiger charge is 2.52. The lowest BCUT2D eigenvalue weighted by Crippen LogP contribution is -2.50. The number of aryl methyl sites for hydroxylation is 2. The summed E-state index contributed by atoms with van der Waals surface area (Å²) in [7, 11) is -3.83. The van der Waals surface area contributed by atoms with Crippen molar-refractivity contribution in [2.24, 2.45) is 0 Å². The van der Waals surface area contributed by atoms with Crippen molar-refractivity contribution in [1.82, 2.24) is 25.1 Å². The van der Waals surface area contributed by atoms with Crippen LogP contribution in [0.1, 0.15) is 42.4 Å². The molecule has 8 nitrogen and oxygen atoms in total. The fourth-order valence-corrected chi connectivity index (χ4v) is 6.17. The number of benzene rings is 1. The van der Waals surface area contributed by atoms with Gasteiger partial charge in [-0.2, -0.15) is 5.10 Å². The molecule has 1 N–H and O–H groups in total. The van der Waals surface area contributed by atoms with E-state index in [1.54, 1.807) is 36.8 Å². The Balaban J connectivity index is 1.54. The zero-order valence-electron chi connectivity index (χ0n) is 17.6. The number of sulfone groups is 1. The van der Waals surface area contributed by atoms with Gasteiger partial charge in [0.05, 0.1) is 4.90 Å². The zero-order chi connectivity index (χ0) is 22.1. The summed E-state index contributed by atoms with van der Waals surface area (Å²) in [6, 6.07) is 8.67. The smallest absolute Gasteiger partial charge is 0.242 e. The van der Waals surface area contributed by atoms with Crippen molar-refractivity contribution in [2.75, 3.05) is 0 Å². The molecule has 0 radical (unpaired) electrons. The van der Waals surface area contributed by atoms with Gasteiger partial charge < -0.3 is 5.32 Å². The van der Waals surface area contributed by atoms with E-state index in [1.807, 2.05) is 19.9 Å². The molecule has 0 unspecified atom stereocenters. The summed E-state index contributed by atoms with van der Waals surface area (Å²) in [6.07, 6.45) is 6.70. The topological polar surface area (TPSA) is 107 Å². The summed E-state index contributed by atoms with van der Waals surface area (Å²) >= 11 is 0. The number of nitrogens with one attached hydrogen (secondary N) is 1. The fourth-order valence-electron chi connectivity index (χ4n) is 4.00. The summed E-state index contributed by atoms with van der Waals surface area (Å²) in [5.74, 6) is 0.167. The maximum atomic E-state index is 13.6. The standard InChI is InChI=1S/C22H25N5O3S/c1-16-5-7-19(11-17(16)2)31(29,30)22(9-3-4-10-22)21(28)25-13-18-6-8-20(24-12-18)27-15-23-14-26-27/h5-8,11-12,14-15H,3-4,9-10,13H2,1-2H3,(H,25,28). The molecule has 162 valence electrons. The third kappa shape index (κ3) is 3.85. The lowest BCUT2D eigenvalue weighted by Gasteiger charge is -2.28. The second kappa shape index (κ2) is 8.22. The maximum absolute atomic E-state index is 13.6. The van der Waals surface area contributed by atoms with Crippen LogP contribution in [0, 0.1) is 13.8 Å². The zero-order valence-corrected chi connectivity index (χ0v) is 18.4. The Kier molecular flexibility index (Phi) is 5.62. The molecule has 1 aromatic carbocycles. The van der Waals surface area contributed by atoms with E-state index in [2.05, 4.69) is 20.4 Å². The van der Waals surface area contributed by atoms with Crippen molar-refractivity contribution < 1.29 is 13.2 Å². The van der Waals surface area contributed by atoms with Crippen molar-refractivity contribution >= 4 is 15.7 Å². The van der Waals surface area contributed by atoms with Crippen molar-refractivity contribution in [1.29, 1.82) is 0 Å². The van der Waals surface area contributed by atoms with Crippen LogP contribution in [0.15, 0.2) is 54.1 Å². The number of hydrogen-bond donors (Lipinski definition) is 1. The van der Waals surface area contributed by atoms with Crippen LogP contribution in [-0.4, -0.2) is 38.8 Å². The monoisotopic (exact) mass is 439 g/mol. The first kappa shape index (κ1) is 21.2. The number of aromatic nitrogens is 4. The molecular formula is C22H25N5O3S. The lowest BCUT2D eigenvalue weighted by molar-refractivity contribution is -0.123. The van der Waals surface area contributed by atoms with Crippen LogP contribution in [0.25, 0.3) is 5.82 Å². The molecule has 1 fully saturated rings. The first-order valence-corrected chi connectivity index (χ1v) is 11.7. The summed E-state index contributed by atoms with van der Waals surface area (Å²) < 4.78 is 27.2. The first-order valence-electron chi connectivity index (χ1n) is 10.2. The highest BCUT2D eigenvalue weighted by atomic mass is 32.2. The Morgan fingerprint density at radius 3 is 2.52 bits per heavy atom. The van der Waals surface area contributed by atoms with Crippen molar-refractivity contribution in [3.63, 3.8) is 0 Å². The van der Waals surface area contributed by atoms with Gasteiger partial charge >= 0.3 is 0 Å². The van der Waals surface area contributed by atoms with E-state index >= 15 is 0 Å². The molecule has 31 heavy (non-hydrogen) atoms. The van der Waals surface area contributed by atoms with E-state index in [1.165, 1.54) is 11.0 Å². The second-order valence-corrected chi connectivity index (χ2v) is 10.3. The number of amides is 1. The molecule has 3 aromatic rings. The molecule has 1 amide bonds. The molecule has 0 atom stereocenters. The number of carbonyl (C=O) groups excluding carboxylic acids is 1. The van der Waals surface area contributed by atoms with Crippen LogP contribution in [0.3, 0.4) is 0 Å². The van der Waals surface area contributed by atoms with Gasteiger partial charge in [0.2, 0.25) is 5.91 Å². The van der Waals surface area contributed by atoms with E-state index in [-0.39, 0.29) is 11.4 Å². The summed E-state index contributed by atoms with van der Waals surface area (Å²) in [5, 5.41) is 6.87. The van der Waals surface area contributed by atoms with Gasteiger partial charge in [-0.3, -0.25) is 4.79 Å².